The smallest absolute Gasteiger partial charge is 0.425 e. The number of carboxylic acid groups (broad SMARTS) is 1. The second kappa shape index (κ2) is 17.3. The minimum atomic E-state index is -4.92. The zero-order valence-corrected chi connectivity index (χ0v) is 30.9. The number of rotatable bonds is 14. The quantitative estimate of drug-likeness (QED) is 0.128. The number of carbonyl (C=O) groups is 3. The van der Waals surface area contributed by atoms with E-state index in [-0.39, 0.29) is 77.1 Å². The maximum absolute atomic E-state index is 14.9. The molecule has 4 heterocycles. The summed E-state index contributed by atoms with van der Waals surface area (Å²) in [5.74, 6) is -2.91. The van der Waals surface area contributed by atoms with E-state index in [0.29, 0.717) is 36.2 Å². The summed E-state index contributed by atoms with van der Waals surface area (Å²) in [5.41, 5.74) is -4.03. The summed E-state index contributed by atoms with van der Waals surface area (Å²) < 4.78 is 95.1. The number of nitrogens with zero attached hydrogens (tertiary/aromatic N) is 3. The molecule has 2 aromatic heterocycles. The largest absolute Gasteiger partial charge is 0.481 e. The van der Waals surface area contributed by atoms with Gasteiger partial charge in [0.2, 0.25) is 5.60 Å². The number of aliphatic carboxylic acids is 1. The van der Waals surface area contributed by atoms with Gasteiger partial charge in [-0.15, -0.1) is 11.3 Å². The van der Waals surface area contributed by atoms with E-state index >= 15 is 0 Å². The molecule has 2 fully saturated rings. The number of carboxylic acids is 1. The number of ether oxygens (including phenoxy) is 2. The second-order valence-corrected chi connectivity index (χ2v) is 14.7. The molecule has 5 rings (SSSR count). The molecule has 2 atom stereocenters. The van der Waals surface area contributed by atoms with Gasteiger partial charge in [0.25, 0.3) is 11.8 Å². The van der Waals surface area contributed by atoms with Crippen molar-refractivity contribution < 1.29 is 60.4 Å². The number of pyridine rings is 1. The summed E-state index contributed by atoms with van der Waals surface area (Å²) in [7, 11) is 0. The monoisotopic (exact) mass is 799 g/mol. The number of aliphatic hydroxyl groups is 1. The zero-order chi connectivity index (χ0) is 40.0. The van der Waals surface area contributed by atoms with E-state index in [1.165, 1.54) is 4.90 Å². The van der Waals surface area contributed by atoms with Crippen molar-refractivity contribution in [3.05, 3.63) is 81.3 Å². The van der Waals surface area contributed by atoms with E-state index in [0.717, 1.165) is 40.2 Å². The first-order chi connectivity index (χ1) is 26.0. The number of thiophene rings is 1. The summed E-state index contributed by atoms with van der Waals surface area (Å²) >= 11 is 0.367. The Morgan fingerprint density at radius 1 is 0.982 bits per heavy atom. The number of carbonyl (C=O) groups excluding carboxylic acids is 2. The first-order valence-electron chi connectivity index (χ1n) is 18.1. The maximum atomic E-state index is 14.9. The summed E-state index contributed by atoms with van der Waals surface area (Å²) in [6.07, 6.45) is -7.17. The zero-order valence-electron chi connectivity index (χ0n) is 30.1. The van der Waals surface area contributed by atoms with Gasteiger partial charge in [0.05, 0.1) is 23.8 Å². The van der Waals surface area contributed by atoms with Crippen LogP contribution in [0.3, 0.4) is 0 Å². The van der Waals surface area contributed by atoms with Crippen LogP contribution in [-0.4, -0.2) is 87.3 Å². The van der Waals surface area contributed by atoms with Gasteiger partial charge in [0, 0.05) is 56.7 Å². The predicted octanol–water partition coefficient (Wildman–Crippen LogP) is 7.34. The van der Waals surface area contributed by atoms with Gasteiger partial charge in [0.15, 0.2) is 0 Å². The van der Waals surface area contributed by atoms with Gasteiger partial charge in [0.1, 0.15) is 16.3 Å². The number of benzene rings is 1. The molecular formula is C38H43F6N3O7S. The lowest BCUT2D eigenvalue weighted by Gasteiger charge is -2.51. The molecule has 0 radical (unpaired) electrons. The Balaban J connectivity index is 1.44. The number of hydrogen-bond acceptors (Lipinski definition) is 8. The van der Waals surface area contributed by atoms with Crippen molar-refractivity contribution in [2.45, 2.75) is 94.3 Å². The molecule has 3 aromatic rings. The molecule has 2 aliphatic heterocycles. The molecule has 2 aliphatic rings. The Kier molecular flexibility index (Phi) is 13.2. The van der Waals surface area contributed by atoms with Crippen LogP contribution in [0.2, 0.25) is 0 Å². The van der Waals surface area contributed by atoms with Crippen molar-refractivity contribution in [1.82, 2.24) is 14.8 Å². The topological polar surface area (TPSA) is 130 Å². The lowest BCUT2D eigenvalue weighted by molar-refractivity contribution is -0.163. The molecule has 2 saturated heterocycles. The van der Waals surface area contributed by atoms with Gasteiger partial charge in [-0.1, -0.05) is 37.6 Å². The fourth-order valence-corrected chi connectivity index (χ4v) is 8.17. The average Bonchev–Trinajstić information content (AvgIpc) is 3.62. The van der Waals surface area contributed by atoms with Gasteiger partial charge in [-0.2, -0.15) is 26.3 Å². The van der Waals surface area contributed by atoms with Gasteiger partial charge < -0.3 is 29.5 Å². The number of likely N-dealkylation sites (tertiary alicyclic amines) is 2. The second-order valence-electron chi connectivity index (χ2n) is 13.8. The molecule has 0 spiro atoms. The van der Waals surface area contributed by atoms with Crippen molar-refractivity contribution in [2.75, 3.05) is 32.8 Å². The highest BCUT2D eigenvalue weighted by atomic mass is 32.1. The van der Waals surface area contributed by atoms with Crippen LogP contribution in [0.15, 0.2) is 54.0 Å². The van der Waals surface area contributed by atoms with Crippen molar-refractivity contribution in [2.24, 2.45) is 0 Å². The third-order valence-electron chi connectivity index (χ3n) is 10.1. The summed E-state index contributed by atoms with van der Waals surface area (Å²) in [4.78, 5) is 45.1. The lowest BCUT2D eigenvalue weighted by atomic mass is 9.78. The number of hydrogen-bond donors (Lipinski definition) is 2. The van der Waals surface area contributed by atoms with Gasteiger partial charge in [-0.25, -0.2) is 0 Å². The molecule has 0 aliphatic carbocycles. The molecule has 55 heavy (non-hydrogen) atoms. The summed E-state index contributed by atoms with van der Waals surface area (Å²) in [5, 5.41) is 21.9. The molecule has 2 N–H and O–H groups in total. The first kappa shape index (κ1) is 41.9. The Labute approximate surface area is 318 Å². The molecule has 10 nitrogen and oxygen atoms in total. The number of aromatic nitrogens is 1. The normalized spacial score (nSPS) is 20.3. The lowest BCUT2D eigenvalue weighted by Crippen LogP contribution is -2.68. The molecule has 0 saturated carbocycles. The highest BCUT2D eigenvalue weighted by molar-refractivity contribution is 7.10. The van der Waals surface area contributed by atoms with Gasteiger partial charge >= 0.3 is 18.3 Å². The molecule has 1 aromatic carbocycles. The van der Waals surface area contributed by atoms with Crippen molar-refractivity contribution in [1.29, 1.82) is 0 Å². The van der Waals surface area contributed by atoms with Crippen LogP contribution in [0.4, 0.5) is 26.3 Å². The number of amides is 2. The van der Waals surface area contributed by atoms with Gasteiger partial charge in [-0.3, -0.25) is 19.4 Å². The molecular weight excluding hydrogens is 756 g/mol. The Bertz CT molecular complexity index is 1810. The maximum Gasteiger partial charge on any atom is 0.425 e. The average molecular weight is 800 g/mol. The standard InChI is InChI=1S/C38H43F6N3O7S/c1-2-8-29-36(54-26-23-30(55-24-26)38(42,43)44,14-7-18-47(29)33(50)32-28(37(39,40)41)11-5-17-45-32)34(51)46-19-15-35(52,16-20-46)27-10-4-3-9-25(27)13-22-53-21-6-12-31(48)49/h3-5,9-11,17,23-24,29,52H,2,6-8,12-16,18-22H2,1H3,(H,48,49). The minimum absolute atomic E-state index is 0.00313. The van der Waals surface area contributed by atoms with Crippen LogP contribution < -0.4 is 4.74 Å². The number of halogens is 6. The van der Waals surface area contributed by atoms with E-state index in [4.69, 9.17) is 14.6 Å². The van der Waals surface area contributed by atoms with Crippen LogP contribution in [0.25, 0.3) is 0 Å². The van der Waals surface area contributed by atoms with E-state index in [9.17, 15) is 45.8 Å². The van der Waals surface area contributed by atoms with E-state index in [2.05, 4.69) is 4.98 Å². The van der Waals surface area contributed by atoms with Crippen molar-refractivity contribution in [3.63, 3.8) is 0 Å². The summed E-state index contributed by atoms with van der Waals surface area (Å²) in [6, 6.07) is 8.60. The highest BCUT2D eigenvalue weighted by Gasteiger charge is 2.56. The van der Waals surface area contributed by atoms with Gasteiger partial charge in [-0.05, 0) is 61.8 Å². The molecule has 17 heteroatoms. The van der Waals surface area contributed by atoms with Crippen LogP contribution in [0.5, 0.6) is 5.75 Å². The molecule has 2 amide bonds. The van der Waals surface area contributed by atoms with Crippen LogP contribution >= 0.6 is 11.3 Å². The van der Waals surface area contributed by atoms with E-state index in [1.807, 2.05) is 12.1 Å². The highest BCUT2D eigenvalue weighted by Crippen LogP contribution is 2.44. The number of piperidine rings is 2. The van der Waals surface area contributed by atoms with Crippen molar-refractivity contribution >= 4 is 29.1 Å². The predicted molar refractivity (Wildman–Crippen MR) is 188 cm³/mol. The molecule has 0 bridgehead atoms. The van der Waals surface area contributed by atoms with Crippen LogP contribution in [0, 0.1) is 0 Å². The van der Waals surface area contributed by atoms with Crippen LogP contribution in [-0.2, 0) is 38.7 Å². The Morgan fingerprint density at radius 3 is 2.36 bits per heavy atom. The Morgan fingerprint density at radius 2 is 1.71 bits per heavy atom. The third kappa shape index (κ3) is 9.60. The minimum Gasteiger partial charge on any atom is -0.481 e. The Hall–Kier alpha value is -4.22. The van der Waals surface area contributed by atoms with E-state index in [1.54, 1.807) is 19.1 Å². The SMILES string of the molecule is CCCC1N(C(=O)c2ncccc2C(F)(F)F)CCCC1(Oc1csc(C(F)(F)F)c1)C(=O)N1CCC(O)(c2ccccc2CCOCCCC(=O)O)CC1. The summed E-state index contributed by atoms with van der Waals surface area (Å²) in [6.45, 7) is 2.25. The fourth-order valence-electron chi connectivity index (χ4n) is 7.49. The third-order valence-corrected chi connectivity index (χ3v) is 11.1. The first-order valence-corrected chi connectivity index (χ1v) is 19.0. The molecule has 300 valence electrons. The fraction of sp³-hybridized carbons (Fsp3) is 0.526. The van der Waals surface area contributed by atoms with Crippen molar-refractivity contribution in [3.8, 4) is 5.75 Å². The van der Waals surface area contributed by atoms with Crippen LogP contribution in [0.1, 0.15) is 90.3 Å². The number of alkyl halides is 6. The van der Waals surface area contributed by atoms with E-state index < -0.39 is 63.5 Å². The molecule has 2 unspecified atom stereocenters.